The second-order valence-corrected chi connectivity index (χ2v) is 2.88. The SMILES string of the molecule is COCc1c(Cl)ccc(OC)c1F. The molecule has 0 radical (unpaired) electrons. The summed E-state index contributed by atoms with van der Waals surface area (Å²) >= 11 is 5.76. The van der Waals surface area contributed by atoms with E-state index in [4.69, 9.17) is 21.1 Å². The third kappa shape index (κ3) is 2.11. The van der Waals surface area contributed by atoms with Gasteiger partial charge in [0.05, 0.1) is 13.7 Å². The zero-order chi connectivity index (χ0) is 9.84. The summed E-state index contributed by atoms with van der Waals surface area (Å²) in [4.78, 5) is 0. The van der Waals surface area contributed by atoms with E-state index in [9.17, 15) is 4.39 Å². The molecule has 4 heteroatoms. The quantitative estimate of drug-likeness (QED) is 0.754. The van der Waals surface area contributed by atoms with Gasteiger partial charge in [-0.1, -0.05) is 11.6 Å². The monoisotopic (exact) mass is 204 g/mol. The van der Waals surface area contributed by atoms with Crippen molar-refractivity contribution in [3.63, 3.8) is 0 Å². The molecule has 13 heavy (non-hydrogen) atoms. The molecule has 0 unspecified atom stereocenters. The lowest BCUT2D eigenvalue weighted by Crippen LogP contribution is -1.97. The van der Waals surface area contributed by atoms with E-state index in [1.807, 2.05) is 0 Å². The van der Waals surface area contributed by atoms with E-state index < -0.39 is 5.82 Å². The Kier molecular flexibility index (Phi) is 3.51. The molecule has 1 aromatic carbocycles. The molecule has 0 aliphatic heterocycles. The second-order valence-electron chi connectivity index (χ2n) is 2.48. The molecule has 2 nitrogen and oxygen atoms in total. The van der Waals surface area contributed by atoms with Gasteiger partial charge in [0.1, 0.15) is 0 Å². The highest BCUT2D eigenvalue weighted by Gasteiger charge is 2.12. The normalized spacial score (nSPS) is 10.2. The van der Waals surface area contributed by atoms with Gasteiger partial charge in [0.15, 0.2) is 11.6 Å². The molecule has 0 aromatic heterocycles. The Hall–Kier alpha value is -0.800. The van der Waals surface area contributed by atoms with Crippen LogP contribution in [0.5, 0.6) is 5.75 Å². The lowest BCUT2D eigenvalue weighted by Gasteiger charge is -2.08. The summed E-state index contributed by atoms with van der Waals surface area (Å²) in [5, 5.41) is 0.347. The fourth-order valence-corrected chi connectivity index (χ4v) is 1.21. The van der Waals surface area contributed by atoms with Crippen molar-refractivity contribution in [1.82, 2.24) is 0 Å². The molecular formula is C9H10ClFO2. The molecule has 0 heterocycles. The van der Waals surface area contributed by atoms with E-state index in [1.165, 1.54) is 20.3 Å². The molecule has 0 aliphatic carbocycles. The average molecular weight is 205 g/mol. The second kappa shape index (κ2) is 4.44. The van der Waals surface area contributed by atoms with Gasteiger partial charge in [-0.05, 0) is 12.1 Å². The van der Waals surface area contributed by atoms with Gasteiger partial charge in [-0.2, -0.15) is 0 Å². The first-order valence-corrected chi connectivity index (χ1v) is 4.08. The standard InChI is InChI=1S/C9H10ClFO2/c1-12-5-6-7(10)3-4-8(13-2)9(6)11/h3-4H,5H2,1-2H3. The summed E-state index contributed by atoms with van der Waals surface area (Å²) < 4.78 is 23.0. The highest BCUT2D eigenvalue weighted by Crippen LogP contribution is 2.27. The van der Waals surface area contributed by atoms with Gasteiger partial charge in [-0.3, -0.25) is 0 Å². The van der Waals surface area contributed by atoms with Crippen LogP contribution in [0.25, 0.3) is 0 Å². The topological polar surface area (TPSA) is 18.5 Å². The average Bonchev–Trinajstić information content (AvgIpc) is 2.12. The Balaban J connectivity index is 3.13. The smallest absolute Gasteiger partial charge is 0.172 e. The van der Waals surface area contributed by atoms with Crippen LogP contribution in [0.2, 0.25) is 5.02 Å². The van der Waals surface area contributed by atoms with Crippen LogP contribution in [-0.4, -0.2) is 14.2 Å². The van der Waals surface area contributed by atoms with Gasteiger partial charge in [-0.25, -0.2) is 4.39 Å². The maximum Gasteiger partial charge on any atom is 0.172 e. The zero-order valence-corrected chi connectivity index (χ0v) is 8.19. The number of hydrogen-bond acceptors (Lipinski definition) is 2. The van der Waals surface area contributed by atoms with Gasteiger partial charge in [0, 0.05) is 17.7 Å². The predicted molar refractivity (Wildman–Crippen MR) is 48.7 cm³/mol. The lowest BCUT2D eigenvalue weighted by molar-refractivity contribution is 0.180. The van der Waals surface area contributed by atoms with E-state index in [0.29, 0.717) is 10.6 Å². The molecule has 0 spiro atoms. The highest BCUT2D eigenvalue weighted by molar-refractivity contribution is 6.31. The molecule has 0 fully saturated rings. The van der Waals surface area contributed by atoms with Gasteiger partial charge in [-0.15, -0.1) is 0 Å². The fraction of sp³-hybridized carbons (Fsp3) is 0.333. The predicted octanol–water partition coefficient (Wildman–Crippen LogP) is 2.63. The molecular weight excluding hydrogens is 195 g/mol. The summed E-state index contributed by atoms with van der Waals surface area (Å²) in [5.41, 5.74) is 0.323. The zero-order valence-electron chi connectivity index (χ0n) is 7.43. The molecule has 0 saturated heterocycles. The van der Waals surface area contributed by atoms with Crippen LogP contribution in [0.3, 0.4) is 0 Å². The van der Waals surface area contributed by atoms with Crippen LogP contribution in [0.4, 0.5) is 4.39 Å². The van der Waals surface area contributed by atoms with Crippen LogP contribution in [0.15, 0.2) is 12.1 Å². The van der Waals surface area contributed by atoms with Gasteiger partial charge < -0.3 is 9.47 Å². The summed E-state index contributed by atoms with van der Waals surface area (Å²) in [7, 11) is 2.89. The molecule has 0 aliphatic rings. The largest absolute Gasteiger partial charge is 0.494 e. The third-order valence-corrected chi connectivity index (χ3v) is 2.01. The maximum atomic E-state index is 13.4. The van der Waals surface area contributed by atoms with E-state index in [0.717, 1.165) is 0 Å². The van der Waals surface area contributed by atoms with E-state index in [2.05, 4.69) is 0 Å². The van der Waals surface area contributed by atoms with Crippen LogP contribution >= 0.6 is 11.6 Å². The molecule has 0 bridgehead atoms. The number of rotatable bonds is 3. The molecule has 0 saturated carbocycles. The lowest BCUT2D eigenvalue weighted by atomic mass is 10.2. The minimum Gasteiger partial charge on any atom is -0.494 e. The van der Waals surface area contributed by atoms with E-state index in [1.54, 1.807) is 6.07 Å². The van der Waals surface area contributed by atoms with Crippen LogP contribution < -0.4 is 4.74 Å². The first-order valence-electron chi connectivity index (χ1n) is 3.70. The molecule has 1 rings (SSSR count). The number of halogens is 2. The Morgan fingerprint density at radius 1 is 1.38 bits per heavy atom. The summed E-state index contributed by atoms with van der Waals surface area (Å²) in [6.45, 7) is 0.141. The minimum atomic E-state index is -0.461. The van der Waals surface area contributed by atoms with Crippen molar-refractivity contribution in [1.29, 1.82) is 0 Å². The van der Waals surface area contributed by atoms with Crippen molar-refractivity contribution in [3.8, 4) is 5.75 Å². The van der Waals surface area contributed by atoms with Crippen molar-refractivity contribution < 1.29 is 13.9 Å². The van der Waals surface area contributed by atoms with Crippen molar-refractivity contribution in [3.05, 3.63) is 28.5 Å². The summed E-state index contributed by atoms with van der Waals surface area (Å²) in [5.74, 6) is -0.284. The van der Waals surface area contributed by atoms with Crippen LogP contribution in [0.1, 0.15) is 5.56 Å². The van der Waals surface area contributed by atoms with Crippen LogP contribution in [0, 0.1) is 5.82 Å². The Morgan fingerprint density at radius 3 is 2.62 bits per heavy atom. The van der Waals surface area contributed by atoms with Crippen LogP contribution in [-0.2, 0) is 11.3 Å². The third-order valence-electron chi connectivity index (χ3n) is 1.66. The number of ether oxygens (including phenoxy) is 2. The van der Waals surface area contributed by atoms with Gasteiger partial charge in [0.25, 0.3) is 0 Å². The molecule has 72 valence electrons. The molecule has 0 atom stereocenters. The first-order chi connectivity index (χ1) is 6.20. The minimum absolute atomic E-state index is 0.141. The maximum absolute atomic E-state index is 13.4. The van der Waals surface area contributed by atoms with E-state index >= 15 is 0 Å². The molecule has 0 amide bonds. The number of hydrogen-bond donors (Lipinski definition) is 0. The number of methoxy groups -OCH3 is 2. The van der Waals surface area contributed by atoms with Crippen molar-refractivity contribution >= 4 is 11.6 Å². The Labute approximate surface area is 81.2 Å². The first kappa shape index (κ1) is 10.3. The van der Waals surface area contributed by atoms with E-state index in [-0.39, 0.29) is 12.4 Å². The van der Waals surface area contributed by atoms with Gasteiger partial charge >= 0.3 is 0 Å². The van der Waals surface area contributed by atoms with Crippen molar-refractivity contribution in [2.75, 3.05) is 14.2 Å². The Morgan fingerprint density at radius 2 is 2.08 bits per heavy atom. The molecule has 0 N–H and O–H groups in total. The summed E-state index contributed by atoms with van der Waals surface area (Å²) in [6, 6.07) is 3.06. The highest BCUT2D eigenvalue weighted by atomic mass is 35.5. The summed E-state index contributed by atoms with van der Waals surface area (Å²) in [6.07, 6.45) is 0. The Bertz CT molecular complexity index is 302. The van der Waals surface area contributed by atoms with Crippen molar-refractivity contribution in [2.45, 2.75) is 6.61 Å². The molecule has 1 aromatic rings. The van der Waals surface area contributed by atoms with Crippen molar-refractivity contribution in [2.24, 2.45) is 0 Å². The number of benzene rings is 1. The fourth-order valence-electron chi connectivity index (χ4n) is 1.01. The van der Waals surface area contributed by atoms with Gasteiger partial charge in [0.2, 0.25) is 0 Å².